The van der Waals surface area contributed by atoms with Gasteiger partial charge in [0.15, 0.2) is 10.8 Å². The Balaban J connectivity index is 2.18. The molecular weight excluding hydrogens is 318 g/mol. The molecule has 0 aliphatic carbocycles. The van der Waals surface area contributed by atoms with Crippen LogP contribution in [0.15, 0.2) is 34.8 Å². The predicted octanol–water partition coefficient (Wildman–Crippen LogP) is 3.45. The Kier molecular flexibility index (Phi) is 3.93. The van der Waals surface area contributed by atoms with Crippen LogP contribution in [-0.2, 0) is 0 Å². The monoisotopic (exact) mass is 325 g/mol. The molecule has 1 amide bonds. The molecule has 0 aliphatic rings. The van der Waals surface area contributed by atoms with Crippen molar-refractivity contribution in [2.45, 2.75) is 6.92 Å². The molecule has 0 radical (unpaired) electrons. The molecule has 0 atom stereocenters. The van der Waals surface area contributed by atoms with Crippen molar-refractivity contribution in [1.82, 2.24) is 10.2 Å². The number of aromatic nitrogens is 2. The molecule has 1 aromatic heterocycles. The molecule has 0 aliphatic heterocycles. The quantitative estimate of drug-likeness (QED) is 0.919. The van der Waals surface area contributed by atoms with Crippen LogP contribution in [0.25, 0.3) is 0 Å². The van der Waals surface area contributed by atoms with Crippen molar-refractivity contribution in [3.05, 3.63) is 51.2 Å². The van der Waals surface area contributed by atoms with E-state index in [4.69, 9.17) is 11.6 Å². The fourth-order valence-electron chi connectivity index (χ4n) is 1.39. The first-order chi connectivity index (χ1) is 8.56. The third kappa shape index (κ3) is 3.05. The summed E-state index contributed by atoms with van der Waals surface area (Å²) in [6.07, 6.45) is 0. The molecule has 1 N–H and O–H groups in total. The van der Waals surface area contributed by atoms with Gasteiger partial charge in [0.1, 0.15) is 0 Å². The Morgan fingerprint density at radius 2 is 2.06 bits per heavy atom. The number of hydrogen-bond donors (Lipinski definition) is 1. The van der Waals surface area contributed by atoms with Gasteiger partial charge in [-0.2, -0.15) is 0 Å². The van der Waals surface area contributed by atoms with E-state index < -0.39 is 0 Å². The van der Waals surface area contributed by atoms with Crippen LogP contribution in [-0.4, -0.2) is 16.1 Å². The number of aryl methyl sites for hydroxylation is 1. The zero-order chi connectivity index (χ0) is 13.1. The molecule has 2 aromatic rings. The Hall–Kier alpha value is -1.46. The van der Waals surface area contributed by atoms with Crippen molar-refractivity contribution in [3.8, 4) is 0 Å². The van der Waals surface area contributed by atoms with Gasteiger partial charge in [0.25, 0.3) is 5.91 Å². The summed E-state index contributed by atoms with van der Waals surface area (Å²) in [5.74, 6) is -0.315. The van der Waals surface area contributed by atoms with Crippen LogP contribution >= 0.6 is 27.5 Å². The third-order valence-electron chi connectivity index (χ3n) is 2.30. The zero-order valence-electron chi connectivity index (χ0n) is 9.45. The maximum absolute atomic E-state index is 11.9. The molecule has 0 saturated carbocycles. The van der Waals surface area contributed by atoms with Crippen molar-refractivity contribution < 1.29 is 4.79 Å². The summed E-state index contributed by atoms with van der Waals surface area (Å²) in [7, 11) is 0. The minimum atomic E-state index is -0.315. The first-order valence-electron chi connectivity index (χ1n) is 5.13. The summed E-state index contributed by atoms with van der Waals surface area (Å²) in [5, 5.41) is 10.4. The average Bonchev–Trinajstić information content (AvgIpc) is 2.33. The highest BCUT2D eigenvalue weighted by atomic mass is 79.9. The summed E-state index contributed by atoms with van der Waals surface area (Å²) >= 11 is 8.97. The number of anilines is 1. The number of carbonyl (C=O) groups is 1. The van der Waals surface area contributed by atoms with Gasteiger partial charge in [0.2, 0.25) is 0 Å². The smallest absolute Gasteiger partial charge is 0.276 e. The molecule has 18 heavy (non-hydrogen) atoms. The molecule has 0 bridgehead atoms. The lowest BCUT2D eigenvalue weighted by atomic mass is 10.2. The molecule has 1 heterocycles. The van der Waals surface area contributed by atoms with Gasteiger partial charge >= 0.3 is 0 Å². The lowest BCUT2D eigenvalue weighted by molar-refractivity contribution is 0.102. The number of rotatable bonds is 2. The van der Waals surface area contributed by atoms with Crippen LogP contribution in [0.5, 0.6) is 0 Å². The van der Waals surface area contributed by atoms with Gasteiger partial charge in [-0.05, 0) is 42.8 Å². The van der Waals surface area contributed by atoms with Gasteiger partial charge in [-0.15, -0.1) is 10.2 Å². The van der Waals surface area contributed by atoms with Gasteiger partial charge in [-0.25, -0.2) is 0 Å². The normalized spacial score (nSPS) is 10.2. The molecule has 4 nitrogen and oxygen atoms in total. The highest BCUT2D eigenvalue weighted by molar-refractivity contribution is 9.10. The summed E-state index contributed by atoms with van der Waals surface area (Å²) in [4.78, 5) is 11.9. The van der Waals surface area contributed by atoms with Gasteiger partial charge in [-0.1, -0.05) is 27.5 Å². The van der Waals surface area contributed by atoms with E-state index >= 15 is 0 Å². The zero-order valence-corrected chi connectivity index (χ0v) is 11.8. The number of hydrogen-bond acceptors (Lipinski definition) is 3. The van der Waals surface area contributed by atoms with Crippen molar-refractivity contribution in [2.24, 2.45) is 0 Å². The summed E-state index contributed by atoms with van der Waals surface area (Å²) < 4.78 is 0.962. The van der Waals surface area contributed by atoms with Gasteiger partial charge in [0, 0.05) is 10.2 Å². The summed E-state index contributed by atoms with van der Waals surface area (Å²) in [6, 6.07) is 8.65. The standard InChI is InChI=1S/C12H9BrClN3O/c1-7-6-8(13)2-3-9(7)15-12(18)10-4-5-11(14)17-16-10/h2-6H,1H3,(H,15,18). The number of halogens is 2. The lowest BCUT2D eigenvalue weighted by Gasteiger charge is -2.07. The summed E-state index contributed by atoms with van der Waals surface area (Å²) in [6.45, 7) is 1.91. The van der Waals surface area contributed by atoms with E-state index in [1.807, 2.05) is 25.1 Å². The van der Waals surface area contributed by atoms with Crippen LogP contribution in [0.3, 0.4) is 0 Å². The van der Waals surface area contributed by atoms with Crippen molar-refractivity contribution >= 4 is 39.1 Å². The fraction of sp³-hybridized carbons (Fsp3) is 0.0833. The number of nitrogens with one attached hydrogen (secondary N) is 1. The van der Waals surface area contributed by atoms with E-state index in [1.54, 1.807) is 0 Å². The molecule has 0 saturated heterocycles. The second-order valence-electron chi connectivity index (χ2n) is 3.65. The maximum atomic E-state index is 11.9. The number of amides is 1. The minimum Gasteiger partial charge on any atom is -0.320 e. The second-order valence-corrected chi connectivity index (χ2v) is 4.96. The van der Waals surface area contributed by atoms with Gasteiger partial charge in [0.05, 0.1) is 0 Å². The van der Waals surface area contributed by atoms with E-state index in [-0.39, 0.29) is 16.8 Å². The van der Waals surface area contributed by atoms with Gasteiger partial charge < -0.3 is 5.32 Å². The lowest BCUT2D eigenvalue weighted by Crippen LogP contribution is -2.14. The Labute approximate surface area is 118 Å². The summed E-state index contributed by atoms with van der Waals surface area (Å²) in [5.41, 5.74) is 1.92. The van der Waals surface area contributed by atoms with E-state index in [0.717, 1.165) is 15.7 Å². The SMILES string of the molecule is Cc1cc(Br)ccc1NC(=O)c1ccc(Cl)nn1. The Bertz CT molecular complexity index is 586. The first kappa shape index (κ1) is 13.0. The van der Waals surface area contributed by atoms with E-state index in [0.29, 0.717) is 0 Å². The molecule has 2 rings (SSSR count). The van der Waals surface area contributed by atoms with Gasteiger partial charge in [-0.3, -0.25) is 4.79 Å². The van der Waals surface area contributed by atoms with Crippen LogP contribution in [0, 0.1) is 6.92 Å². The molecular formula is C12H9BrClN3O. The second kappa shape index (κ2) is 5.46. The van der Waals surface area contributed by atoms with Crippen LogP contribution in [0.1, 0.15) is 16.1 Å². The largest absolute Gasteiger partial charge is 0.320 e. The van der Waals surface area contributed by atoms with Crippen molar-refractivity contribution in [3.63, 3.8) is 0 Å². The topological polar surface area (TPSA) is 54.9 Å². The van der Waals surface area contributed by atoms with Crippen molar-refractivity contribution in [2.75, 3.05) is 5.32 Å². The molecule has 92 valence electrons. The van der Waals surface area contributed by atoms with Crippen molar-refractivity contribution in [1.29, 1.82) is 0 Å². The molecule has 6 heteroatoms. The molecule has 0 spiro atoms. The third-order valence-corrected chi connectivity index (χ3v) is 3.00. The number of carbonyl (C=O) groups excluding carboxylic acids is 1. The van der Waals surface area contributed by atoms with E-state index in [2.05, 4.69) is 31.4 Å². The fourth-order valence-corrected chi connectivity index (χ4v) is 1.97. The first-order valence-corrected chi connectivity index (χ1v) is 6.30. The van der Waals surface area contributed by atoms with Crippen LogP contribution < -0.4 is 5.32 Å². The highest BCUT2D eigenvalue weighted by Crippen LogP contribution is 2.20. The minimum absolute atomic E-state index is 0.224. The number of nitrogens with zero attached hydrogens (tertiary/aromatic N) is 2. The van der Waals surface area contributed by atoms with Crippen LogP contribution in [0.2, 0.25) is 5.15 Å². The molecule has 0 unspecified atom stereocenters. The van der Waals surface area contributed by atoms with E-state index in [9.17, 15) is 4.79 Å². The Morgan fingerprint density at radius 1 is 1.28 bits per heavy atom. The predicted molar refractivity (Wildman–Crippen MR) is 73.9 cm³/mol. The number of benzene rings is 1. The Morgan fingerprint density at radius 3 is 2.67 bits per heavy atom. The molecule has 1 aromatic carbocycles. The maximum Gasteiger partial charge on any atom is 0.276 e. The highest BCUT2D eigenvalue weighted by Gasteiger charge is 2.09. The average molecular weight is 327 g/mol. The van der Waals surface area contributed by atoms with E-state index in [1.165, 1.54) is 12.1 Å². The van der Waals surface area contributed by atoms with Crippen LogP contribution in [0.4, 0.5) is 5.69 Å². The molecule has 0 fully saturated rings.